The summed E-state index contributed by atoms with van der Waals surface area (Å²) in [5.41, 5.74) is 0.752. The minimum Gasteiger partial charge on any atom is -0.488 e. The third-order valence-electron chi connectivity index (χ3n) is 3.72. The van der Waals surface area contributed by atoms with Crippen molar-refractivity contribution in [1.29, 1.82) is 0 Å². The van der Waals surface area contributed by atoms with E-state index in [4.69, 9.17) is 18.9 Å². The van der Waals surface area contributed by atoms with Crippen LogP contribution in [0, 0.1) is 0 Å². The molecule has 2 N–H and O–H groups in total. The van der Waals surface area contributed by atoms with Crippen molar-refractivity contribution in [3.63, 3.8) is 0 Å². The summed E-state index contributed by atoms with van der Waals surface area (Å²) in [7, 11) is 2.76. The van der Waals surface area contributed by atoms with Gasteiger partial charge in [-0.2, -0.15) is 0 Å². The summed E-state index contributed by atoms with van der Waals surface area (Å²) in [4.78, 5) is 28.7. The SMILES string of the molecule is COCOc1ccc(C(=O)OC)cc1NC(=O)c1ccc2c(n1)NCCO2. The number of methoxy groups -OCH3 is 2. The van der Waals surface area contributed by atoms with Gasteiger partial charge in [-0.3, -0.25) is 4.79 Å². The number of ether oxygens (including phenoxy) is 4. The summed E-state index contributed by atoms with van der Waals surface area (Å²) in [5, 5.41) is 5.78. The number of benzene rings is 1. The molecule has 0 spiro atoms. The number of esters is 1. The zero-order valence-electron chi connectivity index (χ0n) is 14.9. The maximum Gasteiger partial charge on any atom is 0.337 e. The first-order valence-corrected chi connectivity index (χ1v) is 8.15. The normalized spacial score (nSPS) is 12.2. The second-order valence-electron chi connectivity index (χ2n) is 5.53. The van der Waals surface area contributed by atoms with Crippen LogP contribution in [-0.4, -0.2) is 51.0 Å². The number of aromatic nitrogens is 1. The number of hydrogen-bond acceptors (Lipinski definition) is 8. The Morgan fingerprint density at radius 3 is 2.89 bits per heavy atom. The fraction of sp³-hybridized carbons (Fsp3) is 0.278. The number of carbonyl (C=O) groups excluding carboxylic acids is 2. The molecule has 0 unspecified atom stereocenters. The number of hydrogen-bond donors (Lipinski definition) is 2. The highest BCUT2D eigenvalue weighted by molar-refractivity contribution is 6.05. The Labute approximate surface area is 155 Å². The van der Waals surface area contributed by atoms with Gasteiger partial charge < -0.3 is 29.6 Å². The average Bonchev–Trinajstić information content (AvgIpc) is 2.71. The fourth-order valence-electron chi connectivity index (χ4n) is 2.45. The smallest absolute Gasteiger partial charge is 0.337 e. The van der Waals surface area contributed by atoms with Crippen molar-refractivity contribution in [2.45, 2.75) is 0 Å². The molecule has 1 aromatic heterocycles. The molecule has 1 aliphatic heterocycles. The lowest BCUT2D eigenvalue weighted by atomic mass is 10.1. The van der Waals surface area contributed by atoms with Crippen LogP contribution in [0.1, 0.15) is 20.8 Å². The molecule has 1 aliphatic rings. The summed E-state index contributed by atoms with van der Waals surface area (Å²) in [6, 6.07) is 7.79. The summed E-state index contributed by atoms with van der Waals surface area (Å²) in [5.74, 6) is 0.450. The molecule has 1 aromatic carbocycles. The zero-order chi connectivity index (χ0) is 19.2. The molecule has 0 bridgehead atoms. The molecule has 0 saturated carbocycles. The van der Waals surface area contributed by atoms with Gasteiger partial charge in [0.15, 0.2) is 18.4 Å². The number of anilines is 2. The predicted octanol–water partition coefficient (Wildman–Crippen LogP) is 1.91. The zero-order valence-corrected chi connectivity index (χ0v) is 14.9. The second kappa shape index (κ2) is 8.37. The molecule has 0 atom stereocenters. The van der Waals surface area contributed by atoms with Crippen LogP contribution in [0.25, 0.3) is 0 Å². The lowest BCUT2D eigenvalue weighted by Crippen LogP contribution is -2.21. The van der Waals surface area contributed by atoms with E-state index in [1.54, 1.807) is 18.2 Å². The first kappa shape index (κ1) is 18.5. The Morgan fingerprint density at radius 2 is 2.11 bits per heavy atom. The first-order valence-electron chi connectivity index (χ1n) is 8.15. The van der Waals surface area contributed by atoms with Crippen molar-refractivity contribution in [3.8, 4) is 11.5 Å². The molecular weight excluding hydrogens is 354 g/mol. The molecule has 0 aliphatic carbocycles. The molecular formula is C18H19N3O6. The van der Waals surface area contributed by atoms with Gasteiger partial charge in [0.25, 0.3) is 5.91 Å². The highest BCUT2D eigenvalue weighted by Gasteiger charge is 2.18. The van der Waals surface area contributed by atoms with E-state index < -0.39 is 11.9 Å². The van der Waals surface area contributed by atoms with Crippen molar-refractivity contribution >= 4 is 23.4 Å². The number of nitrogens with one attached hydrogen (secondary N) is 2. The van der Waals surface area contributed by atoms with Gasteiger partial charge in [-0.05, 0) is 30.3 Å². The van der Waals surface area contributed by atoms with Crippen LogP contribution in [0.2, 0.25) is 0 Å². The van der Waals surface area contributed by atoms with Gasteiger partial charge in [0.05, 0.1) is 24.9 Å². The highest BCUT2D eigenvalue weighted by Crippen LogP contribution is 2.28. The second-order valence-corrected chi connectivity index (χ2v) is 5.53. The van der Waals surface area contributed by atoms with Crippen LogP contribution in [0.15, 0.2) is 30.3 Å². The fourth-order valence-corrected chi connectivity index (χ4v) is 2.45. The Morgan fingerprint density at radius 1 is 1.26 bits per heavy atom. The summed E-state index contributed by atoms with van der Waals surface area (Å²) >= 11 is 0. The van der Waals surface area contributed by atoms with E-state index in [2.05, 4.69) is 15.6 Å². The standard InChI is InChI=1S/C18H19N3O6/c1-24-10-27-14-5-3-11(18(23)25-2)9-13(14)21-17(22)12-4-6-15-16(20-12)19-7-8-26-15/h3-6,9H,7-8,10H2,1-2H3,(H,19,20)(H,21,22). The van der Waals surface area contributed by atoms with Crippen LogP contribution >= 0.6 is 0 Å². The Hall–Kier alpha value is -3.33. The Balaban J connectivity index is 1.85. The maximum atomic E-state index is 12.6. The number of pyridine rings is 1. The number of amides is 1. The molecule has 2 aromatic rings. The summed E-state index contributed by atoms with van der Waals surface area (Å²) in [6.45, 7) is 1.14. The maximum absolute atomic E-state index is 12.6. The molecule has 2 heterocycles. The van der Waals surface area contributed by atoms with Gasteiger partial charge in [-0.25, -0.2) is 9.78 Å². The van der Waals surface area contributed by atoms with E-state index in [1.165, 1.54) is 26.4 Å². The largest absolute Gasteiger partial charge is 0.488 e. The van der Waals surface area contributed by atoms with Crippen molar-refractivity contribution < 1.29 is 28.5 Å². The lowest BCUT2D eigenvalue weighted by Gasteiger charge is -2.18. The van der Waals surface area contributed by atoms with Crippen molar-refractivity contribution in [3.05, 3.63) is 41.6 Å². The molecule has 9 heteroatoms. The third kappa shape index (κ3) is 4.26. The van der Waals surface area contributed by atoms with Gasteiger partial charge in [-0.1, -0.05) is 0 Å². The van der Waals surface area contributed by atoms with E-state index in [0.717, 1.165) is 0 Å². The first-order chi connectivity index (χ1) is 13.1. The van der Waals surface area contributed by atoms with E-state index >= 15 is 0 Å². The minimum absolute atomic E-state index is 0.0151. The van der Waals surface area contributed by atoms with Crippen molar-refractivity contribution in [2.75, 3.05) is 44.8 Å². The van der Waals surface area contributed by atoms with Gasteiger partial charge in [0.1, 0.15) is 18.1 Å². The molecule has 0 saturated heterocycles. The van der Waals surface area contributed by atoms with E-state index in [9.17, 15) is 9.59 Å². The van der Waals surface area contributed by atoms with Crippen LogP contribution in [0.3, 0.4) is 0 Å². The van der Waals surface area contributed by atoms with Gasteiger partial charge in [0, 0.05) is 7.11 Å². The molecule has 1 amide bonds. The van der Waals surface area contributed by atoms with Gasteiger partial charge in [0.2, 0.25) is 0 Å². The quantitative estimate of drug-likeness (QED) is 0.584. The average molecular weight is 373 g/mol. The van der Waals surface area contributed by atoms with Crippen LogP contribution < -0.4 is 20.1 Å². The summed E-state index contributed by atoms with van der Waals surface area (Å²) < 4.78 is 20.5. The Kier molecular flexibility index (Phi) is 5.72. The summed E-state index contributed by atoms with van der Waals surface area (Å²) in [6.07, 6.45) is 0. The van der Waals surface area contributed by atoms with Gasteiger partial charge >= 0.3 is 5.97 Å². The molecule has 0 fully saturated rings. The van der Waals surface area contributed by atoms with Crippen molar-refractivity contribution in [2.24, 2.45) is 0 Å². The predicted molar refractivity (Wildman–Crippen MR) is 96.5 cm³/mol. The number of nitrogens with zero attached hydrogens (tertiary/aromatic N) is 1. The highest BCUT2D eigenvalue weighted by atomic mass is 16.7. The topological polar surface area (TPSA) is 108 Å². The molecule has 9 nitrogen and oxygen atoms in total. The number of fused-ring (bicyclic) bond motifs is 1. The number of carbonyl (C=O) groups is 2. The lowest BCUT2D eigenvalue weighted by molar-refractivity contribution is 0.0515. The monoisotopic (exact) mass is 373 g/mol. The molecule has 142 valence electrons. The number of rotatable bonds is 6. The van der Waals surface area contributed by atoms with E-state index in [-0.39, 0.29) is 18.1 Å². The van der Waals surface area contributed by atoms with E-state index in [1.807, 2.05) is 0 Å². The van der Waals surface area contributed by atoms with Crippen LogP contribution in [-0.2, 0) is 9.47 Å². The third-order valence-corrected chi connectivity index (χ3v) is 3.72. The van der Waals surface area contributed by atoms with Crippen molar-refractivity contribution in [1.82, 2.24) is 4.98 Å². The van der Waals surface area contributed by atoms with E-state index in [0.29, 0.717) is 36.2 Å². The molecule has 3 rings (SSSR count). The minimum atomic E-state index is -0.531. The molecule has 0 radical (unpaired) electrons. The van der Waals surface area contributed by atoms with Gasteiger partial charge in [-0.15, -0.1) is 0 Å². The Bertz CT molecular complexity index is 855. The molecule has 27 heavy (non-hydrogen) atoms. The van der Waals surface area contributed by atoms with Crippen LogP contribution in [0.5, 0.6) is 11.5 Å². The van der Waals surface area contributed by atoms with Crippen LogP contribution in [0.4, 0.5) is 11.5 Å².